The molecular weight excluding hydrogens is 262 g/mol. The number of amides is 1. The number of benzene rings is 2. The number of rotatable bonds is 1. The Labute approximate surface area is 127 Å². The monoisotopic (exact) mass is 285 g/mol. The van der Waals surface area contributed by atoms with Gasteiger partial charge in [-0.05, 0) is 18.2 Å². The van der Waals surface area contributed by atoms with Crippen molar-refractivity contribution in [3.05, 3.63) is 60.2 Å². The summed E-state index contributed by atoms with van der Waals surface area (Å²) in [4.78, 5) is 13.5. The Bertz CT molecular complexity index is 552. The van der Waals surface area contributed by atoms with E-state index in [9.17, 15) is 4.79 Å². The standard InChI is InChI=1S/C14H11NO2.2C2H6/c16-14-15(12-7-2-1-3-8-12)10-11-6-4-5-9-13(11)17-14;2*1-2/h1-9H,10H2;2*1-2H3. The molecule has 0 spiro atoms. The predicted molar refractivity (Wildman–Crippen MR) is 87.8 cm³/mol. The van der Waals surface area contributed by atoms with Crippen molar-refractivity contribution in [2.24, 2.45) is 0 Å². The van der Waals surface area contributed by atoms with Gasteiger partial charge in [0.05, 0.1) is 6.54 Å². The van der Waals surface area contributed by atoms with Crippen LogP contribution < -0.4 is 9.64 Å². The van der Waals surface area contributed by atoms with E-state index < -0.39 is 0 Å². The van der Waals surface area contributed by atoms with Crippen LogP contribution >= 0.6 is 0 Å². The number of ether oxygens (including phenoxy) is 1. The summed E-state index contributed by atoms with van der Waals surface area (Å²) < 4.78 is 5.29. The highest BCUT2D eigenvalue weighted by Gasteiger charge is 2.25. The number of hydrogen-bond acceptors (Lipinski definition) is 2. The van der Waals surface area contributed by atoms with E-state index in [4.69, 9.17) is 4.74 Å². The third-order valence-electron chi connectivity index (χ3n) is 2.79. The Hall–Kier alpha value is -2.29. The van der Waals surface area contributed by atoms with E-state index in [0.29, 0.717) is 12.3 Å². The Balaban J connectivity index is 0.000000510. The molecule has 1 aliphatic rings. The van der Waals surface area contributed by atoms with E-state index in [1.807, 2.05) is 82.3 Å². The molecular formula is C18H23NO2. The summed E-state index contributed by atoms with van der Waals surface area (Å²) in [5.41, 5.74) is 1.88. The normalized spacial score (nSPS) is 12.0. The van der Waals surface area contributed by atoms with Crippen molar-refractivity contribution in [2.45, 2.75) is 34.2 Å². The second-order valence-corrected chi connectivity index (χ2v) is 3.90. The Morgan fingerprint density at radius 1 is 0.857 bits per heavy atom. The van der Waals surface area contributed by atoms with Gasteiger partial charge in [-0.2, -0.15) is 0 Å². The van der Waals surface area contributed by atoms with Crippen LogP contribution in [0, 0.1) is 0 Å². The average molecular weight is 285 g/mol. The first kappa shape index (κ1) is 16.8. The summed E-state index contributed by atoms with van der Waals surface area (Å²) in [7, 11) is 0. The van der Waals surface area contributed by atoms with Crippen LogP contribution in [0.4, 0.5) is 10.5 Å². The van der Waals surface area contributed by atoms with Crippen LogP contribution in [-0.4, -0.2) is 6.09 Å². The summed E-state index contributed by atoms with van der Waals surface area (Å²) in [6.07, 6.45) is -0.324. The highest BCUT2D eigenvalue weighted by molar-refractivity contribution is 5.90. The Morgan fingerprint density at radius 2 is 1.43 bits per heavy atom. The van der Waals surface area contributed by atoms with Crippen molar-refractivity contribution in [3.8, 4) is 5.75 Å². The van der Waals surface area contributed by atoms with Gasteiger partial charge < -0.3 is 4.74 Å². The molecule has 1 aliphatic heterocycles. The number of carbonyl (C=O) groups is 1. The lowest BCUT2D eigenvalue weighted by Crippen LogP contribution is -2.36. The van der Waals surface area contributed by atoms with Crippen molar-refractivity contribution in [1.82, 2.24) is 0 Å². The molecule has 0 bridgehead atoms. The molecule has 0 atom stereocenters. The quantitative estimate of drug-likeness (QED) is 0.715. The molecule has 3 nitrogen and oxygen atoms in total. The zero-order valence-corrected chi connectivity index (χ0v) is 13.2. The smallest absolute Gasteiger partial charge is 0.410 e. The van der Waals surface area contributed by atoms with E-state index in [-0.39, 0.29) is 6.09 Å². The second kappa shape index (κ2) is 8.80. The summed E-state index contributed by atoms with van der Waals surface area (Å²) in [6.45, 7) is 8.55. The van der Waals surface area contributed by atoms with E-state index in [2.05, 4.69) is 0 Å². The number of para-hydroxylation sites is 2. The van der Waals surface area contributed by atoms with Crippen LogP contribution in [0.2, 0.25) is 0 Å². The Kier molecular flexibility index (Phi) is 7.02. The molecule has 0 aliphatic carbocycles. The fourth-order valence-corrected chi connectivity index (χ4v) is 1.92. The molecule has 0 unspecified atom stereocenters. The molecule has 3 heteroatoms. The third kappa shape index (κ3) is 4.09. The van der Waals surface area contributed by atoms with Crippen molar-refractivity contribution in [1.29, 1.82) is 0 Å². The van der Waals surface area contributed by atoms with Gasteiger partial charge in [-0.15, -0.1) is 0 Å². The number of hydrogen-bond donors (Lipinski definition) is 0. The summed E-state index contributed by atoms with van der Waals surface area (Å²) in [5, 5.41) is 0. The Morgan fingerprint density at radius 3 is 2.10 bits per heavy atom. The van der Waals surface area contributed by atoms with Gasteiger partial charge in [0.1, 0.15) is 5.75 Å². The first-order valence-corrected chi connectivity index (χ1v) is 7.47. The molecule has 0 N–H and O–H groups in total. The molecule has 3 rings (SSSR count). The van der Waals surface area contributed by atoms with Crippen molar-refractivity contribution in [2.75, 3.05) is 4.90 Å². The zero-order chi connectivity index (χ0) is 15.7. The lowest BCUT2D eigenvalue weighted by Gasteiger charge is -2.27. The maximum atomic E-state index is 11.9. The minimum atomic E-state index is -0.324. The minimum absolute atomic E-state index is 0.324. The number of anilines is 1. The molecule has 0 aromatic heterocycles. The summed E-state index contributed by atoms with van der Waals surface area (Å²) in [5.74, 6) is 0.657. The summed E-state index contributed by atoms with van der Waals surface area (Å²) in [6, 6.07) is 17.1. The second-order valence-electron chi connectivity index (χ2n) is 3.90. The SMILES string of the molecule is CC.CC.O=C1Oc2ccccc2CN1c1ccccc1. The van der Waals surface area contributed by atoms with Gasteiger partial charge in [0.25, 0.3) is 0 Å². The van der Waals surface area contributed by atoms with Crippen molar-refractivity contribution in [3.63, 3.8) is 0 Å². The summed E-state index contributed by atoms with van der Waals surface area (Å²) >= 11 is 0. The maximum absolute atomic E-state index is 11.9. The fraction of sp³-hybridized carbons (Fsp3) is 0.278. The molecule has 0 fully saturated rings. The van der Waals surface area contributed by atoms with Crippen LogP contribution in [0.1, 0.15) is 33.3 Å². The van der Waals surface area contributed by atoms with Crippen molar-refractivity contribution >= 4 is 11.8 Å². The van der Waals surface area contributed by atoms with Gasteiger partial charge in [-0.1, -0.05) is 64.1 Å². The van der Waals surface area contributed by atoms with Gasteiger partial charge in [-0.25, -0.2) is 4.79 Å². The third-order valence-corrected chi connectivity index (χ3v) is 2.79. The highest BCUT2D eigenvalue weighted by atomic mass is 16.6. The van der Waals surface area contributed by atoms with E-state index in [1.165, 1.54) is 0 Å². The molecule has 1 amide bonds. The molecule has 2 aromatic rings. The molecule has 2 aromatic carbocycles. The van der Waals surface area contributed by atoms with Gasteiger partial charge in [0.15, 0.2) is 0 Å². The number of carbonyl (C=O) groups excluding carboxylic acids is 1. The van der Waals surface area contributed by atoms with Crippen LogP contribution in [0.3, 0.4) is 0 Å². The largest absolute Gasteiger partial charge is 0.420 e. The maximum Gasteiger partial charge on any atom is 0.420 e. The van der Waals surface area contributed by atoms with Crippen molar-refractivity contribution < 1.29 is 9.53 Å². The first-order chi connectivity index (χ1) is 10.3. The van der Waals surface area contributed by atoms with Crippen LogP contribution in [0.15, 0.2) is 54.6 Å². The van der Waals surface area contributed by atoms with Crippen LogP contribution in [-0.2, 0) is 6.54 Å². The van der Waals surface area contributed by atoms with Gasteiger partial charge in [0.2, 0.25) is 0 Å². The molecule has 0 saturated heterocycles. The molecule has 0 radical (unpaired) electrons. The lowest BCUT2D eigenvalue weighted by atomic mass is 10.1. The predicted octanol–water partition coefficient (Wildman–Crippen LogP) is 5.26. The molecule has 21 heavy (non-hydrogen) atoms. The number of nitrogens with zero attached hydrogens (tertiary/aromatic N) is 1. The topological polar surface area (TPSA) is 29.5 Å². The highest BCUT2D eigenvalue weighted by Crippen LogP contribution is 2.28. The van der Waals surface area contributed by atoms with Crippen LogP contribution in [0.25, 0.3) is 0 Å². The van der Waals surface area contributed by atoms with E-state index in [0.717, 1.165) is 11.3 Å². The first-order valence-electron chi connectivity index (χ1n) is 7.47. The molecule has 0 saturated carbocycles. The zero-order valence-electron chi connectivity index (χ0n) is 13.2. The molecule has 112 valence electrons. The van der Waals surface area contributed by atoms with E-state index in [1.54, 1.807) is 4.90 Å². The average Bonchev–Trinajstić information content (AvgIpc) is 2.58. The van der Waals surface area contributed by atoms with Gasteiger partial charge in [-0.3, -0.25) is 4.90 Å². The van der Waals surface area contributed by atoms with Gasteiger partial charge >= 0.3 is 6.09 Å². The van der Waals surface area contributed by atoms with Crippen LogP contribution in [0.5, 0.6) is 5.75 Å². The number of fused-ring (bicyclic) bond motifs is 1. The minimum Gasteiger partial charge on any atom is -0.410 e. The lowest BCUT2D eigenvalue weighted by molar-refractivity contribution is 0.203. The van der Waals surface area contributed by atoms with Gasteiger partial charge in [0, 0.05) is 11.3 Å². The molecule has 1 heterocycles. The van der Waals surface area contributed by atoms with E-state index >= 15 is 0 Å². The fourth-order valence-electron chi connectivity index (χ4n) is 1.92.